The predicted octanol–water partition coefficient (Wildman–Crippen LogP) is 1.06. The van der Waals surface area contributed by atoms with E-state index >= 15 is 0 Å². The lowest BCUT2D eigenvalue weighted by atomic mass is 9.85. The molecule has 0 radical (unpaired) electrons. The van der Waals surface area contributed by atoms with Crippen molar-refractivity contribution in [2.24, 2.45) is 11.7 Å². The third kappa shape index (κ3) is 4.06. The number of amides is 2. The first kappa shape index (κ1) is 21.1. The van der Waals surface area contributed by atoms with Crippen molar-refractivity contribution < 1.29 is 14.7 Å². The van der Waals surface area contributed by atoms with Crippen LogP contribution in [-0.2, 0) is 4.79 Å². The molecule has 0 aliphatic carbocycles. The average molecular weight is 425 g/mol. The highest BCUT2D eigenvalue weighted by atomic mass is 16.3. The van der Waals surface area contributed by atoms with E-state index in [4.69, 9.17) is 10.7 Å². The van der Waals surface area contributed by atoms with Gasteiger partial charge in [-0.2, -0.15) is 0 Å². The number of hydrogen-bond donors (Lipinski definition) is 4. The Morgan fingerprint density at radius 3 is 2.65 bits per heavy atom. The molecule has 9 nitrogen and oxygen atoms in total. The smallest absolute Gasteiger partial charge is 0.248 e. The van der Waals surface area contributed by atoms with Crippen LogP contribution in [0.5, 0.6) is 0 Å². The van der Waals surface area contributed by atoms with E-state index in [1.165, 1.54) is 11.8 Å². The molecule has 1 aromatic heterocycles. The van der Waals surface area contributed by atoms with Crippen molar-refractivity contribution in [3.8, 4) is 0 Å². The first-order valence-electron chi connectivity index (χ1n) is 10.5. The topological polar surface area (TPSA) is 124 Å². The monoisotopic (exact) mass is 424 g/mol. The van der Waals surface area contributed by atoms with E-state index in [0.29, 0.717) is 17.1 Å². The van der Waals surface area contributed by atoms with Crippen LogP contribution in [0.2, 0.25) is 0 Å². The molecule has 0 saturated carbocycles. The van der Waals surface area contributed by atoms with Gasteiger partial charge in [-0.15, -0.1) is 0 Å². The lowest BCUT2D eigenvalue weighted by Crippen LogP contribution is -2.50. The Morgan fingerprint density at radius 2 is 1.97 bits per heavy atom. The Labute approximate surface area is 181 Å². The molecule has 4 rings (SSSR count). The Balaban J connectivity index is 1.71. The fourth-order valence-corrected chi connectivity index (χ4v) is 4.31. The molecular weight excluding hydrogens is 396 g/mol. The summed E-state index contributed by atoms with van der Waals surface area (Å²) in [4.78, 5) is 32.4. The molecule has 1 aromatic carbocycles. The number of piperazine rings is 1. The van der Waals surface area contributed by atoms with Crippen molar-refractivity contribution in [3.05, 3.63) is 47.5 Å². The Morgan fingerprint density at radius 1 is 1.23 bits per heavy atom. The van der Waals surface area contributed by atoms with Crippen LogP contribution in [0, 0.1) is 5.92 Å². The number of nitrogens with two attached hydrogens (primary N) is 1. The molecule has 1 saturated heterocycles. The molecule has 0 spiro atoms. The van der Waals surface area contributed by atoms with E-state index in [0.717, 1.165) is 37.6 Å². The van der Waals surface area contributed by atoms with Crippen molar-refractivity contribution in [2.45, 2.75) is 26.1 Å². The van der Waals surface area contributed by atoms with Crippen LogP contribution in [0.1, 0.15) is 35.8 Å². The SMILES string of the molecule is CC(=O)N1c2ccc(C(N)=O)cc2C(Nc2cccc(N3CCNCC3)n2)[C@@H](C)[C@@H]1O. The number of aliphatic hydroxyl groups excluding tert-OH is 1. The van der Waals surface area contributed by atoms with Gasteiger partial charge in [0.25, 0.3) is 0 Å². The van der Waals surface area contributed by atoms with Gasteiger partial charge in [0.05, 0.1) is 11.7 Å². The van der Waals surface area contributed by atoms with E-state index < -0.39 is 12.1 Å². The highest BCUT2D eigenvalue weighted by Gasteiger charge is 2.40. The summed E-state index contributed by atoms with van der Waals surface area (Å²) in [5.74, 6) is 0.362. The van der Waals surface area contributed by atoms with Crippen LogP contribution in [0.25, 0.3) is 0 Å². The third-order valence-corrected chi connectivity index (χ3v) is 5.99. The molecule has 1 fully saturated rings. The van der Waals surface area contributed by atoms with E-state index in [1.807, 2.05) is 25.1 Å². The summed E-state index contributed by atoms with van der Waals surface area (Å²) in [6, 6.07) is 10.3. The minimum atomic E-state index is -1.02. The summed E-state index contributed by atoms with van der Waals surface area (Å²) < 4.78 is 0. The van der Waals surface area contributed by atoms with E-state index in [9.17, 15) is 14.7 Å². The predicted molar refractivity (Wildman–Crippen MR) is 119 cm³/mol. The standard InChI is InChI=1S/C22H28N6O3/c1-13-20(26-18-4-3-5-19(25-18)27-10-8-24-9-11-27)16-12-15(21(23)30)6-7-17(16)28(14(2)29)22(13)31/h3-7,12-13,20,22,24,31H,8-11H2,1-2H3,(H2,23,30)(H,25,26)/t13-,20?,22+/m1/s1. The molecule has 2 aromatic rings. The summed E-state index contributed by atoms with van der Waals surface area (Å²) in [5, 5.41) is 17.6. The molecule has 2 amide bonds. The minimum absolute atomic E-state index is 0.273. The maximum atomic E-state index is 12.3. The van der Waals surface area contributed by atoms with Gasteiger partial charge in [0.15, 0.2) is 0 Å². The molecule has 3 heterocycles. The van der Waals surface area contributed by atoms with Crippen LogP contribution in [0.4, 0.5) is 17.3 Å². The number of fused-ring (bicyclic) bond motifs is 1. The molecule has 2 aliphatic heterocycles. The zero-order valence-electron chi connectivity index (χ0n) is 17.7. The second kappa shape index (κ2) is 8.52. The Hall–Kier alpha value is -3.17. The van der Waals surface area contributed by atoms with Crippen molar-refractivity contribution in [1.82, 2.24) is 10.3 Å². The normalized spacial score (nSPS) is 23.3. The second-order valence-electron chi connectivity index (χ2n) is 8.04. The highest BCUT2D eigenvalue weighted by Crippen LogP contribution is 2.42. The number of nitrogens with one attached hydrogen (secondary N) is 2. The van der Waals surface area contributed by atoms with Crippen molar-refractivity contribution in [1.29, 1.82) is 0 Å². The molecule has 1 unspecified atom stereocenters. The molecule has 5 N–H and O–H groups in total. The largest absolute Gasteiger partial charge is 0.373 e. The summed E-state index contributed by atoms with van der Waals surface area (Å²) in [5.41, 5.74) is 7.11. The summed E-state index contributed by atoms with van der Waals surface area (Å²) >= 11 is 0. The molecule has 31 heavy (non-hydrogen) atoms. The van der Waals surface area contributed by atoms with Crippen LogP contribution in [0.3, 0.4) is 0 Å². The van der Waals surface area contributed by atoms with Gasteiger partial charge in [-0.25, -0.2) is 4.98 Å². The molecule has 9 heteroatoms. The van der Waals surface area contributed by atoms with E-state index in [-0.39, 0.29) is 17.9 Å². The lowest BCUT2D eigenvalue weighted by Gasteiger charge is -2.42. The quantitative estimate of drug-likeness (QED) is 0.579. The number of hydrogen-bond acceptors (Lipinski definition) is 7. The number of rotatable bonds is 4. The van der Waals surface area contributed by atoms with Crippen LogP contribution in [0.15, 0.2) is 36.4 Å². The first-order valence-corrected chi connectivity index (χ1v) is 10.5. The molecular formula is C22H28N6O3. The zero-order valence-corrected chi connectivity index (χ0v) is 17.7. The number of aliphatic hydroxyl groups is 1. The number of anilines is 3. The number of pyridine rings is 1. The van der Waals surface area contributed by atoms with E-state index in [2.05, 4.69) is 15.5 Å². The summed E-state index contributed by atoms with van der Waals surface area (Å²) in [6.45, 7) is 6.86. The van der Waals surface area contributed by atoms with E-state index in [1.54, 1.807) is 18.2 Å². The summed E-state index contributed by atoms with van der Waals surface area (Å²) in [6.07, 6.45) is -1.02. The number of aromatic nitrogens is 1. The van der Waals surface area contributed by atoms with Gasteiger partial charge in [-0.3, -0.25) is 14.5 Å². The van der Waals surface area contributed by atoms with Crippen molar-refractivity contribution in [2.75, 3.05) is 41.3 Å². The van der Waals surface area contributed by atoms with Crippen molar-refractivity contribution in [3.63, 3.8) is 0 Å². The van der Waals surface area contributed by atoms with Crippen LogP contribution >= 0.6 is 0 Å². The van der Waals surface area contributed by atoms with Gasteiger partial charge in [0.1, 0.15) is 17.9 Å². The van der Waals surface area contributed by atoms with Gasteiger partial charge in [-0.05, 0) is 35.9 Å². The maximum Gasteiger partial charge on any atom is 0.248 e. The number of benzene rings is 1. The number of carbonyl (C=O) groups is 2. The van der Waals surface area contributed by atoms with Crippen molar-refractivity contribution >= 4 is 29.1 Å². The third-order valence-electron chi connectivity index (χ3n) is 5.99. The molecule has 0 bridgehead atoms. The molecule has 2 aliphatic rings. The minimum Gasteiger partial charge on any atom is -0.373 e. The molecule has 3 atom stereocenters. The van der Waals surface area contributed by atoms with Gasteiger partial charge in [0.2, 0.25) is 11.8 Å². The zero-order chi connectivity index (χ0) is 22.1. The fraction of sp³-hybridized carbons (Fsp3) is 0.409. The summed E-state index contributed by atoms with van der Waals surface area (Å²) in [7, 11) is 0. The number of carbonyl (C=O) groups excluding carboxylic acids is 2. The second-order valence-corrected chi connectivity index (χ2v) is 8.04. The number of primary amides is 1. The van der Waals surface area contributed by atoms with Gasteiger partial charge in [-0.1, -0.05) is 13.0 Å². The number of nitrogens with zero attached hydrogens (tertiary/aromatic N) is 3. The first-order chi connectivity index (χ1) is 14.9. The Kier molecular flexibility index (Phi) is 5.79. The Bertz CT molecular complexity index is 991. The van der Waals surface area contributed by atoms with Crippen LogP contribution < -0.4 is 26.2 Å². The highest BCUT2D eigenvalue weighted by molar-refractivity contribution is 5.97. The van der Waals surface area contributed by atoms with Gasteiger partial charge in [0, 0.05) is 44.6 Å². The maximum absolute atomic E-state index is 12.3. The van der Waals surface area contributed by atoms with Gasteiger partial charge >= 0.3 is 0 Å². The van der Waals surface area contributed by atoms with Crippen LogP contribution in [-0.4, -0.2) is 54.3 Å². The fourth-order valence-electron chi connectivity index (χ4n) is 4.31. The van der Waals surface area contributed by atoms with Gasteiger partial charge < -0.3 is 26.4 Å². The average Bonchev–Trinajstić information content (AvgIpc) is 2.77. The molecule has 164 valence electrons. The lowest BCUT2D eigenvalue weighted by molar-refractivity contribution is -0.119.